The number of benzene rings is 1. The number of aliphatic hydroxyl groups is 1. The van der Waals surface area contributed by atoms with Crippen LogP contribution in [0.25, 0.3) is 0 Å². The molecule has 3 aliphatic rings. The first-order valence-corrected chi connectivity index (χ1v) is 9.33. The van der Waals surface area contributed by atoms with Crippen LogP contribution in [0.5, 0.6) is 0 Å². The first-order valence-electron chi connectivity index (χ1n) is 9.33. The van der Waals surface area contributed by atoms with Crippen LogP contribution in [0.4, 0.5) is 5.69 Å². The highest BCUT2D eigenvalue weighted by molar-refractivity contribution is 6.08. The summed E-state index contributed by atoms with van der Waals surface area (Å²) < 4.78 is 1.70. The zero-order valence-corrected chi connectivity index (χ0v) is 15.2. The van der Waals surface area contributed by atoms with E-state index in [1.54, 1.807) is 10.9 Å². The number of para-hydroxylation sites is 1. The molecular formula is C20H22N4O3. The lowest BCUT2D eigenvalue weighted by Crippen LogP contribution is -2.45. The van der Waals surface area contributed by atoms with Gasteiger partial charge in [0.25, 0.3) is 0 Å². The summed E-state index contributed by atoms with van der Waals surface area (Å²) in [4.78, 5) is 28.3. The number of amides is 2. The Hall–Kier alpha value is -2.67. The molecule has 7 heteroatoms. The third-order valence-corrected chi connectivity index (χ3v) is 6.50. The van der Waals surface area contributed by atoms with Crippen molar-refractivity contribution in [2.45, 2.75) is 30.7 Å². The van der Waals surface area contributed by atoms with Crippen LogP contribution in [0.3, 0.4) is 0 Å². The second kappa shape index (κ2) is 5.42. The number of aryl methyl sites for hydroxylation is 1. The van der Waals surface area contributed by atoms with E-state index in [4.69, 9.17) is 0 Å². The summed E-state index contributed by atoms with van der Waals surface area (Å²) in [6.45, 7) is 0.347. The summed E-state index contributed by atoms with van der Waals surface area (Å²) in [6.07, 6.45) is 5.58. The van der Waals surface area contributed by atoms with Crippen molar-refractivity contribution in [3.05, 3.63) is 47.8 Å². The van der Waals surface area contributed by atoms with Gasteiger partial charge in [-0.25, -0.2) is 0 Å². The Labute approximate surface area is 157 Å². The molecule has 2 aromatic rings. The average molecular weight is 366 g/mol. The Kier molecular flexibility index (Phi) is 3.31. The van der Waals surface area contributed by atoms with Gasteiger partial charge in [-0.3, -0.25) is 14.3 Å². The molecule has 2 atom stereocenters. The number of hydrogen-bond acceptors (Lipinski definition) is 4. The van der Waals surface area contributed by atoms with Crippen molar-refractivity contribution in [3.63, 3.8) is 0 Å². The number of nitrogens with one attached hydrogen (secondary N) is 1. The van der Waals surface area contributed by atoms with E-state index in [1.165, 1.54) is 0 Å². The lowest BCUT2D eigenvalue weighted by atomic mass is 9.73. The SMILES string of the molecule is Cn1cc([C@@H]2N(C(=O)C3(CO)CC3)CC[C@]23C(=O)Nc2ccccc23)cn1. The summed E-state index contributed by atoms with van der Waals surface area (Å²) in [5.74, 6) is -0.116. The number of aliphatic hydroxyl groups excluding tert-OH is 1. The molecule has 1 saturated heterocycles. The standard InChI is InChI=1S/C20H22N4O3/c1-23-11-13(10-21-23)16-20(14-4-2-3-5-15(14)22-17(20)26)8-9-24(16)18(27)19(12-25)6-7-19/h2-5,10-11,16,25H,6-9,12H2,1H3,(H,22,26)/t16-,20+/m0/s1. The molecule has 2 amide bonds. The molecule has 0 bridgehead atoms. The van der Waals surface area contributed by atoms with Gasteiger partial charge < -0.3 is 15.3 Å². The summed E-state index contributed by atoms with van der Waals surface area (Å²) in [7, 11) is 1.83. The van der Waals surface area contributed by atoms with Gasteiger partial charge in [0.05, 0.1) is 24.3 Å². The smallest absolute Gasteiger partial charge is 0.237 e. The fourth-order valence-electron chi connectivity index (χ4n) is 4.85. The molecule has 1 aliphatic carbocycles. The fraction of sp³-hybridized carbons (Fsp3) is 0.450. The maximum Gasteiger partial charge on any atom is 0.237 e. The number of carbonyl (C=O) groups is 2. The monoisotopic (exact) mass is 366 g/mol. The zero-order chi connectivity index (χ0) is 18.8. The van der Waals surface area contributed by atoms with Crippen molar-refractivity contribution in [1.82, 2.24) is 14.7 Å². The molecule has 2 N–H and O–H groups in total. The van der Waals surface area contributed by atoms with Crippen molar-refractivity contribution in [3.8, 4) is 0 Å². The highest BCUT2D eigenvalue weighted by atomic mass is 16.3. The van der Waals surface area contributed by atoms with Crippen LogP contribution in [0.15, 0.2) is 36.7 Å². The van der Waals surface area contributed by atoms with Gasteiger partial charge in [0.1, 0.15) is 5.41 Å². The minimum Gasteiger partial charge on any atom is -0.395 e. The first-order chi connectivity index (χ1) is 13.0. The third-order valence-electron chi connectivity index (χ3n) is 6.50. The first kappa shape index (κ1) is 16.5. The van der Waals surface area contributed by atoms with Crippen LogP contribution in [-0.4, -0.2) is 44.8 Å². The summed E-state index contributed by atoms with van der Waals surface area (Å²) in [6, 6.07) is 7.29. The predicted octanol–water partition coefficient (Wildman–Crippen LogP) is 1.36. The number of aromatic nitrogens is 2. The maximum atomic E-state index is 13.3. The van der Waals surface area contributed by atoms with E-state index in [0.717, 1.165) is 16.8 Å². The summed E-state index contributed by atoms with van der Waals surface area (Å²) in [5.41, 5.74) is 1.12. The quantitative estimate of drug-likeness (QED) is 0.859. The van der Waals surface area contributed by atoms with Gasteiger partial charge in [-0.05, 0) is 30.9 Å². The lowest BCUT2D eigenvalue weighted by molar-refractivity contribution is -0.140. The Morgan fingerprint density at radius 1 is 1.33 bits per heavy atom. The van der Waals surface area contributed by atoms with E-state index in [1.807, 2.05) is 42.4 Å². The maximum absolute atomic E-state index is 13.3. The van der Waals surface area contributed by atoms with Crippen LogP contribution in [0.1, 0.15) is 36.4 Å². The van der Waals surface area contributed by atoms with Gasteiger partial charge in [0.2, 0.25) is 11.8 Å². The van der Waals surface area contributed by atoms with Crippen molar-refractivity contribution in [1.29, 1.82) is 0 Å². The van der Waals surface area contributed by atoms with E-state index in [2.05, 4.69) is 10.4 Å². The molecule has 1 aromatic carbocycles. The lowest BCUT2D eigenvalue weighted by Gasteiger charge is -2.35. The van der Waals surface area contributed by atoms with Gasteiger partial charge in [0.15, 0.2) is 0 Å². The molecular weight excluding hydrogens is 344 g/mol. The van der Waals surface area contributed by atoms with Gasteiger partial charge in [-0.2, -0.15) is 5.10 Å². The van der Waals surface area contributed by atoms with Crippen molar-refractivity contribution in [2.24, 2.45) is 12.5 Å². The number of hydrogen-bond donors (Lipinski definition) is 2. The predicted molar refractivity (Wildman–Crippen MR) is 97.8 cm³/mol. The van der Waals surface area contributed by atoms with E-state index >= 15 is 0 Å². The molecule has 1 saturated carbocycles. The van der Waals surface area contributed by atoms with E-state index in [9.17, 15) is 14.7 Å². The van der Waals surface area contributed by atoms with E-state index in [0.29, 0.717) is 25.8 Å². The number of likely N-dealkylation sites (tertiary alicyclic amines) is 1. The molecule has 1 spiro atoms. The third kappa shape index (κ3) is 2.09. The van der Waals surface area contributed by atoms with Crippen LogP contribution >= 0.6 is 0 Å². The zero-order valence-electron chi connectivity index (χ0n) is 15.2. The molecule has 3 heterocycles. The Balaban J connectivity index is 1.66. The second-order valence-corrected chi connectivity index (χ2v) is 8.01. The largest absolute Gasteiger partial charge is 0.395 e. The van der Waals surface area contributed by atoms with Crippen LogP contribution in [-0.2, 0) is 22.1 Å². The second-order valence-electron chi connectivity index (χ2n) is 8.01. The highest BCUT2D eigenvalue weighted by Crippen LogP contribution is 2.57. The number of carbonyl (C=O) groups excluding carboxylic acids is 2. The molecule has 27 heavy (non-hydrogen) atoms. The molecule has 0 radical (unpaired) electrons. The van der Waals surface area contributed by atoms with Crippen LogP contribution in [0.2, 0.25) is 0 Å². The van der Waals surface area contributed by atoms with E-state index < -0.39 is 16.9 Å². The normalized spacial score (nSPS) is 27.7. The topological polar surface area (TPSA) is 87.5 Å². The number of fused-ring (bicyclic) bond motifs is 2. The summed E-state index contributed by atoms with van der Waals surface area (Å²) >= 11 is 0. The van der Waals surface area contributed by atoms with Gasteiger partial charge >= 0.3 is 0 Å². The Morgan fingerprint density at radius 3 is 2.78 bits per heavy atom. The van der Waals surface area contributed by atoms with Crippen molar-refractivity contribution >= 4 is 17.5 Å². The molecule has 5 rings (SSSR count). The number of anilines is 1. The fourth-order valence-corrected chi connectivity index (χ4v) is 4.85. The Morgan fingerprint density at radius 2 is 2.11 bits per heavy atom. The van der Waals surface area contributed by atoms with Gasteiger partial charge in [-0.15, -0.1) is 0 Å². The molecule has 2 aliphatic heterocycles. The minimum absolute atomic E-state index is 0.0482. The van der Waals surface area contributed by atoms with Crippen molar-refractivity contribution in [2.75, 3.05) is 18.5 Å². The van der Waals surface area contributed by atoms with E-state index in [-0.39, 0.29) is 18.4 Å². The molecule has 1 aromatic heterocycles. The minimum atomic E-state index is -0.819. The number of nitrogens with zero attached hydrogens (tertiary/aromatic N) is 3. The van der Waals surface area contributed by atoms with Gasteiger partial charge in [0, 0.05) is 31.0 Å². The highest BCUT2D eigenvalue weighted by Gasteiger charge is 2.62. The molecule has 0 unspecified atom stereocenters. The summed E-state index contributed by atoms with van der Waals surface area (Å²) in [5, 5.41) is 17.1. The van der Waals surface area contributed by atoms with Crippen LogP contribution < -0.4 is 5.32 Å². The number of rotatable bonds is 3. The molecule has 140 valence electrons. The molecule has 7 nitrogen and oxygen atoms in total. The average Bonchev–Trinajstić information content (AvgIpc) is 3.06. The van der Waals surface area contributed by atoms with Crippen molar-refractivity contribution < 1.29 is 14.7 Å². The molecule has 2 fully saturated rings. The Bertz CT molecular complexity index is 948. The van der Waals surface area contributed by atoms with Crippen LogP contribution in [0, 0.1) is 5.41 Å². The van der Waals surface area contributed by atoms with Gasteiger partial charge in [-0.1, -0.05) is 18.2 Å².